The van der Waals surface area contributed by atoms with Crippen molar-refractivity contribution in [3.8, 4) is 5.75 Å². The molecule has 0 N–H and O–H groups in total. The number of hydrogen-bond donors (Lipinski definition) is 0. The van der Waals surface area contributed by atoms with E-state index in [1.165, 1.54) is 11.8 Å². The van der Waals surface area contributed by atoms with Gasteiger partial charge in [0, 0.05) is 13.1 Å². The molecule has 26 heavy (non-hydrogen) atoms. The SMILES string of the molecule is C=CCn1c(C)nnc1SCC(=O)N1CCCC1c1ccc(OC)cc1. The quantitative estimate of drug-likeness (QED) is 0.552. The number of methoxy groups -OCH3 is 1. The molecular formula is C19H24N4O2S. The van der Waals surface area contributed by atoms with Crippen molar-refractivity contribution in [1.29, 1.82) is 0 Å². The third-order valence-corrected chi connectivity index (χ3v) is 5.56. The Hall–Kier alpha value is -2.28. The van der Waals surface area contributed by atoms with Crippen molar-refractivity contribution in [1.82, 2.24) is 19.7 Å². The standard InChI is InChI=1S/C19H24N4O2S/c1-4-11-22-14(2)20-21-19(22)26-13-18(24)23-12-5-6-17(23)15-7-9-16(25-3)10-8-15/h4,7-10,17H,1,5-6,11-13H2,2-3H3. The maximum atomic E-state index is 12.8. The molecule has 1 aliphatic rings. The summed E-state index contributed by atoms with van der Waals surface area (Å²) in [5.41, 5.74) is 1.16. The molecular weight excluding hydrogens is 348 g/mol. The summed E-state index contributed by atoms with van der Waals surface area (Å²) in [6, 6.07) is 8.14. The van der Waals surface area contributed by atoms with Gasteiger partial charge in [0.05, 0.1) is 18.9 Å². The number of aromatic nitrogens is 3. The van der Waals surface area contributed by atoms with Crippen molar-refractivity contribution < 1.29 is 9.53 Å². The fraction of sp³-hybridized carbons (Fsp3) is 0.421. The van der Waals surface area contributed by atoms with Crippen molar-refractivity contribution in [2.45, 2.75) is 37.5 Å². The summed E-state index contributed by atoms with van der Waals surface area (Å²) in [5, 5.41) is 9.03. The lowest BCUT2D eigenvalue weighted by Gasteiger charge is -2.25. The zero-order valence-electron chi connectivity index (χ0n) is 15.2. The Labute approximate surface area is 158 Å². The minimum absolute atomic E-state index is 0.138. The van der Waals surface area contributed by atoms with Gasteiger partial charge in [-0.05, 0) is 37.5 Å². The highest BCUT2D eigenvalue weighted by Gasteiger charge is 2.30. The maximum absolute atomic E-state index is 12.8. The van der Waals surface area contributed by atoms with E-state index in [-0.39, 0.29) is 11.9 Å². The number of allylic oxidation sites excluding steroid dienone is 1. The van der Waals surface area contributed by atoms with Gasteiger partial charge in [0.2, 0.25) is 5.91 Å². The number of carbonyl (C=O) groups is 1. The third kappa shape index (κ3) is 3.93. The molecule has 7 heteroatoms. The number of amides is 1. The van der Waals surface area contributed by atoms with Crippen molar-refractivity contribution in [3.63, 3.8) is 0 Å². The first-order valence-electron chi connectivity index (χ1n) is 8.71. The molecule has 1 atom stereocenters. The van der Waals surface area contributed by atoms with Crippen LogP contribution >= 0.6 is 11.8 Å². The number of likely N-dealkylation sites (tertiary alicyclic amines) is 1. The molecule has 0 aliphatic carbocycles. The van der Waals surface area contributed by atoms with Crippen molar-refractivity contribution in [3.05, 3.63) is 48.3 Å². The Kier molecular flexibility index (Phi) is 5.98. The molecule has 138 valence electrons. The van der Waals surface area contributed by atoms with Crippen molar-refractivity contribution >= 4 is 17.7 Å². The van der Waals surface area contributed by atoms with E-state index in [0.29, 0.717) is 12.3 Å². The molecule has 1 aromatic carbocycles. The predicted octanol–water partition coefficient (Wildman–Crippen LogP) is 3.24. The van der Waals surface area contributed by atoms with E-state index in [0.717, 1.165) is 41.7 Å². The third-order valence-electron chi connectivity index (χ3n) is 4.61. The van der Waals surface area contributed by atoms with E-state index in [1.807, 2.05) is 46.7 Å². The topological polar surface area (TPSA) is 60.2 Å². The Morgan fingerprint density at radius 2 is 2.15 bits per heavy atom. The number of benzene rings is 1. The highest BCUT2D eigenvalue weighted by Crippen LogP contribution is 2.33. The molecule has 0 saturated carbocycles. The van der Waals surface area contributed by atoms with Crippen LogP contribution < -0.4 is 4.74 Å². The molecule has 0 bridgehead atoms. The van der Waals surface area contributed by atoms with Gasteiger partial charge in [-0.1, -0.05) is 30.0 Å². The summed E-state index contributed by atoms with van der Waals surface area (Å²) in [7, 11) is 1.66. The van der Waals surface area contributed by atoms with Crippen LogP contribution in [0.5, 0.6) is 5.75 Å². The average molecular weight is 372 g/mol. The van der Waals surface area contributed by atoms with Crippen LogP contribution in [0.2, 0.25) is 0 Å². The van der Waals surface area contributed by atoms with E-state index < -0.39 is 0 Å². The summed E-state index contributed by atoms with van der Waals surface area (Å²) in [5.74, 6) is 2.16. The molecule has 6 nitrogen and oxygen atoms in total. The number of ether oxygens (including phenoxy) is 1. The molecule has 1 aromatic heterocycles. The summed E-state index contributed by atoms with van der Waals surface area (Å²) >= 11 is 1.44. The molecule has 3 rings (SSSR count). The largest absolute Gasteiger partial charge is 0.497 e. The average Bonchev–Trinajstić information content (AvgIpc) is 3.28. The Balaban J connectivity index is 1.66. The van der Waals surface area contributed by atoms with Crippen molar-refractivity contribution in [2.75, 3.05) is 19.4 Å². The van der Waals surface area contributed by atoms with E-state index in [4.69, 9.17) is 4.74 Å². The Morgan fingerprint density at radius 3 is 2.85 bits per heavy atom. The van der Waals surface area contributed by atoms with Crippen LogP contribution in [-0.2, 0) is 11.3 Å². The van der Waals surface area contributed by atoms with E-state index in [9.17, 15) is 4.79 Å². The lowest BCUT2D eigenvalue weighted by Crippen LogP contribution is -2.32. The maximum Gasteiger partial charge on any atom is 0.233 e. The molecule has 2 heterocycles. The zero-order valence-corrected chi connectivity index (χ0v) is 16.0. The summed E-state index contributed by atoms with van der Waals surface area (Å²) in [6.45, 7) is 7.11. The first-order valence-corrected chi connectivity index (χ1v) is 9.69. The van der Waals surface area contributed by atoms with Crippen molar-refractivity contribution in [2.24, 2.45) is 0 Å². The van der Waals surface area contributed by atoms with Crippen LogP contribution in [0.1, 0.15) is 30.3 Å². The number of nitrogens with zero attached hydrogens (tertiary/aromatic N) is 4. The molecule has 0 radical (unpaired) electrons. The van der Waals surface area contributed by atoms with Gasteiger partial charge in [-0.2, -0.15) is 0 Å². The lowest BCUT2D eigenvalue weighted by atomic mass is 10.0. The van der Waals surface area contributed by atoms with Gasteiger partial charge in [-0.15, -0.1) is 16.8 Å². The monoisotopic (exact) mass is 372 g/mol. The highest BCUT2D eigenvalue weighted by atomic mass is 32.2. The van der Waals surface area contributed by atoms with Crippen LogP contribution in [0.15, 0.2) is 42.1 Å². The van der Waals surface area contributed by atoms with Gasteiger partial charge < -0.3 is 14.2 Å². The number of hydrogen-bond acceptors (Lipinski definition) is 5. The molecule has 1 amide bonds. The molecule has 1 fully saturated rings. The van der Waals surface area contributed by atoms with Gasteiger partial charge in [0.1, 0.15) is 11.6 Å². The molecule has 1 aliphatic heterocycles. The Bertz CT molecular complexity index is 772. The molecule has 2 aromatic rings. The number of aryl methyl sites for hydroxylation is 1. The van der Waals surface area contributed by atoms with Gasteiger partial charge in [-0.25, -0.2) is 0 Å². The number of rotatable bonds is 7. The van der Waals surface area contributed by atoms with Crippen LogP contribution in [-0.4, -0.2) is 45.0 Å². The summed E-state index contributed by atoms with van der Waals surface area (Å²) < 4.78 is 7.19. The summed E-state index contributed by atoms with van der Waals surface area (Å²) in [4.78, 5) is 14.8. The van der Waals surface area contributed by atoms with Crippen LogP contribution in [0, 0.1) is 6.92 Å². The first-order chi connectivity index (χ1) is 12.6. The van der Waals surface area contributed by atoms with Gasteiger partial charge in [0.15, 0.2) is 5.16 Å². The van der Waals surface area contributed by atoms with Crippen LogP contribution in [0.3, 0.4) is 0 Å². The minimum Gasteiger partial charge on any atom is -0.497 e. The lowest BCUT2D eigenvalue weighted by molar-refractivity contribution is -0.129. The van der Waals surface area contributed by atoms with Crippen LogP contribution in [0.4, 0.5) is 0 Å². The number of carbonyl (C=O) groups excluding carboxylic acids is 1. The predicted molar refractivity (Wildman–Crippen MR) is 102 cm³/mol. The van der Waals surface area contributed by atoms with Gasteiger partial charge in [-0.3, -0.25) is 4.79 Å². The fourth-order valence-corrected chi connectivity index (χ4v) is 4.13. The minimum atomic E-state index is 0.138. The highest BCUT2D eigenvalue weighted by molar-refractivity contribution is 7.99. The Morgan fingerprint density at radius 1 is 1.38 bits per heavy atom. The number of thioether (sulfide) groups is 1. The second kappa shape index (κ2) is 8.40. The summed E-state index contributed by atoms with van der Waals surface area (Å²) in [6.07, 6.45) is 3.83. The molecule has 1 unspecified atom stereocenters. The normalized spacial score (nSPS) is 16.7. The smallest absolute Gasteiger partial charge is 0.233 e. The fourth-order valence-electron chi connectivity index (χ4n) is 3.25. The van der Waals surface area contributed by atoms with E-state index in [1.54, 1.807) is 7.11 Å². The first kappa shape index (κ1) is 18.5. The molecule has 0 spiro atoms. The molecule has 1 saturated heterocycles. The van der Waals surface area contributed by atoms with E-state index >= 15 is 0 Å². The van der Waals surface area contributed by atoms with Gasteiger partial charge >= 0.3 is 0 Å². The zero-order chi connectivity index (χ0) is 18.5. The van der Waals surface area contributed by atoms with E-state index in [2.05, 4.69) is 16.8 Å². The van der Waals surface area contributed by atoms with Gasteiger partial charge in [0.25, 0.3) is 0 Å². The second-order valence-electron chi connectivity index (χ2n) is 6.24. The second-order valence-corrected chi connectivity index (χ2v) is 7.18. The van der Waals surface area contributed by atoms with Crippen LogP contribution in [0.25, 0.3) is 0 Å².